The van der Waals surface area contributed by atoms with Crippen LogP contribution in [0.15, 0.2) is 60.9 Å². The number of carbonyl (C=O) groups excluding carboxylic acids is 2. The Balaban J connectivity index is 1.17. The summed E-state index contributed by atoms with van der Waals surface area (Å²) in [4.78, 5) is 30.6. The first-order chi connectivity index (χ1) is 15.2. The number of pyridine rings is 1. The predicted octanol–water partition coefficient (Wildman–Crippen LogP) is 3.81. The Morgan fingerprint density at radius 1 is 1.03 bits per heavy atom. The zero-order valence-electron chi connectivity index (χ0n) is 17.0. The number of fused-ring (bicyclic) bond motifs is 1. The molecule has 1 aliphatic carbocycles. The minimum atomic E-state index is -0.356. The van der Waals surface area contributed by atoms with Gasteiger partial charge in [0.2, 0.25) is 5.91 Å². The topological polar surface area (TPSA) is 80.8 Å². The van der Waals surface area contributed by atoms with Crippen LogP contribution in [0.25, 0.3) is 10.8 Å². The number of nitrogens with zero attached hydrogens (tertiary/aromatic N) is 2. The number of hydrogen-bond donors (Lipinski definition) is 1. The van der Waals surface area contributed by atoms with Crippen molar-refractivity contribution in [3.05, 3.63) is 66.5 Å². The van der Waals surface area contributed by atoms with E-state index in [1.54, 1.807) is 29.4 Å². The van der Waals surface area contributed by atoms with Crippen LogP contribution in [0.3, 0.4) is 0 Å². The zero-order valence-corrected chi connectivity index (χ0v) is 17.0. The second kappa shape index (κ2) is 8.35. The van der Waals surface area contributed by atoms with Crippen LogP contribution in [0.4, 0.5) is 10.5 Å². The van der Waals surface area contributed by atoms with Crippen molar-refractivity contribution in [1.82, 2.24) is 9.88 Å². The average Bonchev–Trinajstić information content (AvgIpc) is 3.61. The number of morpholine rings is 1. The molecular formula is C24H23N3O4. The van der Waals surface area contributed by atoms with Crippen LogP contribution in [-0.4, -0.2) is 48.2 Å². The van der Waals surface area contributed by atoms with E-state index in [-0.39, 0.29) is 23.8 Å². The van der Waals surface area contributed by atoms with E-state index >= 15 is 0 Å². The molecule has 3 aromatic rings. The first kappa shape index (κ1) is 19.5. The maximum absolute atomic E-state index is 12.7. The summed E-state index contributed by atoms with van der Waals surface area (Å²) in [5, 5.41) is 5.11. The third-order valence-corrected chi connectivity index (χ3v) is 5.82. The average molecular weight is 417 g/mol. The summed E-state index contributed by atoms with van der Waals surface area (Å²) >= 11 is 0. The monoisotopic (exact) mass is 417 g/mol. The van der Waals surface area contributed by atoms with E-state index < -0.39 is 0 Å². The second-order valence-corrected chi connectivity index (χ2v) is 7.91. The lowest BCUT2D eigenvalue weighted by atomic mass is 10.1. The summed E-state index contributed by atoms with van der Waals surface area (Å²) < 4.78 is 10.7. The zero-order chi connectivity index (χ0) is 21.2. The Kier molecular flexibility index (Phi) is 5.26. The van der Waals surface area contributed by atoms with E-state index in [1.807, 2.05) is 36.4 Å². The fourth-order valence-electron chi connectivity index (χ4n) is 3.94. The van der Waals surface area contributed by atoms with Crippen LogP contribution < -0.4 is 10.1 Å². The highest BCUT2D eigenvalue weighted by molar-refractivity contribution is 5.97. The van der Waals surface area contributed by atoms with Crippen molar-refractivity contribution < 1.29 is 19.1 Å². The third-order valence-electron chi connectivity index (χ3n) is 5.82. The van der Waals surface area contributed by atoms with Crippen molar-refractivity contribution in [2.75, 3.05) is 31.6 Å². The van der Waals surface area contributed by atoms with Crippen molar-refractivity contribution in [3.63, 3.8) is 0 Å². The molecule has 1 aromatic heterocycles. The number of carbonyl (C=O) groups is 2. The highest BCUT2D eigenvalue weighted by Gasteiger charge is 2.43. The van der Waals surface area contributed by atoms with Gasteiger partial charge in [-0.1, -0.05) is 18.2 Å². The minimum Gasteiger partial charge on any atom is -0.410 e. The van der Waals surface area contributed by atoms with Crippen LogP contribution in [-0.2, 0) is 9.53 Å². The molecule has 1 N–H and O–H groups in total. The number of anilines is 1. The predicted molar refractivity (Wildman–Crippen MR) is 116 cm³/mol. The molecule has 1 aliphatic heterocycles. The molecule has 31 heavy (non-hydrogen) atoms. The third kappa shape index (κ3) is 4.36. The molecule has 0 bridgehead atoms. The van der Waals surface area contributed by atoms with Crippen molar-refractivity contribution in [2.45, 2.75) is 12.3 Å². The first-order valence-corrected chi connectivity index (χ1v) is 10.5. The number of nitrogens with one attached hydrogen (secondary N) is 1. The van der Waals surface area contributed by atoms with E-state index in [0.29, 0.717) is 32.1 Å². The summed E-state index contributed by atoms with van der Waals surface area (Å²) in [7, 11) is 0. The maximum Gasteiger partial charge on any atom is 0.415 e. The summed E-state index contributed by atoms with van der Waals surface area (Å²) in [6.45, 7) is 2.17. The fourth-order valence-corrected chi connectivity index (χ4v) is 3.94. The van der Waals surface area contributed by atoms with Gasteiger partial charge in [-0.05, 0) is 53.6 Å². The highest BCUT2D eigenvalue weighted by atomic mass is 16.6. The number of ether oxygens (including phenoxy) is 2. The molecule has 2 aromatic carbocycles. The lowest BCUT2D eigenvalue weighted by Crippen LogP contribution is -2.42. The quantitative estimate of drug-likeness (QED) is 0.698. The van der Waals surface area contributed by atoms with E-state index in [4.69, 9.17) is 9.47 Å². The minimum absolute atomic E-state index is 0.0289. The molecule has 2 amide bonds. The number of benzene rings is 2. The highest BCUT2D eigenvalue weighted by Crippen LogP contribution is 2.48. The SMILES string of the molecule is O=C(Nc1ccc2cnccc2c1)[C@@H]1C[C@H]1c1ccc(OC(=O)N2CCOCC2)cc1. The Hall–Kier alpha value is -3.45. The molecule has 0 unspecified atom stereocenters. The lowest BCUT2D eigenvalue weighted by Gasteiger charge is -2.25. The lowest BCUT2D eigenvalue weighted by molar-refractivity contribution is -0.117. The number of rotatable bonds is 4. The van der Waals surface area contributed by atoms with Gasteiger partial charge >= 0.3 is 6.09 Å². The van der Waals surface area contributed by atoms with Gasteiger partial charge in [-0.25, -0.2) is 4.79 Å². The van der Waals surface area contributed by atoms with Gasteiger partial charge in [-0.2, -0.15) is 0 Å². The van der Waals surface area contributed by atoms with Gasteiger partial charge in [0.05, 0.1) is 13.2 Å². The van der Waals surface area contributed by atoms with Gasteiger partial charge in [0.15, 0.2) is 0 Å². The Morgan fingerprint density at radius 3 is 2.65 bits per heavy atom. The molecule has 5 rings (SSSR count). The van der Waals surface area contributed by atoms with Gasteiger partial charge in [-0.3, -0.25) is 9.78 Å². The van der Waals surface area contributed by atoms with Crippen LogP contribution in [0.2, 0.25) is 0 Å². The Labute approximate surface area is 180 Å². The summed E-state index contributed by atoms with van der Waals surface area (Å²) in [5.74, 6) is 0.678. The van der Waals surface area contributed by atoms with Crippen molar-refractivity contribution in [1.29, 1.82) is 0 Å². The van der Waals surface area contributed by atoms with Gasteiger partial charge in [0.1, 0.15) is 5.75 Å². The van der Waals surface area contributed by atoms with Gasteiger partial charge < -0.3 is 19.7 Å². The van der Waals surface area contributed by atoms with Gasteiger partial charge in [-0.15, -0.1) is 0 Å². The molecule has 2 heterocycles. The molecule has 1 saturated heterocycles. The molecule has 1 saturated carbocycles. The number of hydrogen-bond acceptors (Lipinski definition) is 5. The molecule has 0 radical (unpaired) electrons. The van der Waals surface area contributed by atoms with Crippen LogP contribution in [0, 0.1) is 5.92 Å². The Morgan fingerprint density at radius 2 is 1.84 bits per heavy atom. The van der Waals surface area contributed by atoms with Crippen molar-refractivity contribution in [3.8, 4) is 5.75 Å². The summed E-state index contributed by atoms with van der Waals surface area (Å²) in [6.07, 6.45) is 4.01. The summed E-state index contributed by atoms with van der Waals surface area (Å²) in [6, 6.07) is 15.2. The van der Waals surface area contributed by atoms with E-state index in [0.717, 1.165) is 28.4 Å². The fraction of sp³-hybridized carbons (Fsp3) is 0.292. The first-order valence-electron chi connectivity index (χ1n) is 10.5. The van der Waals surface area contributed by atoms with Crippen LogP contribution in [0.5, 0.6) is 5.75 Å². The van der Waals surface area contributed by atoms with E-state index in [2.05, 4.69) is 10.3 Å². The smallest absolute Gasteiger partial charge is 0.410 e. The molecular weight excluding hydrogens is 394 g/mol. The standard InChI is InChI=1S/C24H23N3O4/c28-23(26-19-4-1-18-15-25-8-7-17(18)13-19)22-14-21(22)16-2-5-20(6-3-16)31-24(29)27-9-11-30-12-10-27/h1-8,13,15,21-22H,9-12,14H2,(H,26,28)/t21-,22+/m0/s1. The van der Waals surface area contributed by atoms with Crippen molar-refractivity contribution >= 4 is 28.5 Å². The summed E-state index contributed by atoms with van der Waals surface area (Å²) in [5.41, 5.74) is 1.87. The molecule has 158 valence electrons. The molecule has 0 spiro atoms. The van der Waals surface area contributed by atoms with Gasteiger partial charge in [0, 0.05) is 42.5 Å². The van der Waals surface area contributed by atoms with E-state index in [1.165, 1.54) is 0 Å². The Bertz CT molecular complexity index is 1110. The van der Waals surface area contributed by atoms with Gasteiger partial charge in [0.25, 0.3) is 0 Å². The van der Waals surface area contributed by atoms with Crippen LogP contribution >= 0.6 is 0 Å². The number of amides is 2. The largest absolute Gasteiger partial charge is 0.415 e. The normalized spacial score (nSPS) is 20.3. The second-order valence-electron chi connectivity index (χ2n) is 7.91. The number of aromatic nitrogens is 1. The van der Waals surface area contributed by atoms with Crippen molar-refractivity contribution in [2.24, 2.45) is 5.92 Å². The van der Waals surface area contributed by atoms with Crippen LogP contribution in [0.1, 0.15) is 17.9 Å². The molecule has 2 fully saturated rings. The maximum atomic E-state index is 12.7. The molecule has 7 nitrogen and oxygen atoms in total. The molecule has 7 heteroatoms. The molecule has 2 aliphatic rings. The molecule has 2 atom stereocenters. The van der Waals surface area contributed by atoms with E-state index in [9.17, 15) is 9.59 Å².